The lowest BCUT2D eigenvalue weighted by atomic mass is 9.99. The lowest BCUT2D eigenvalue weighted by Gasteiger charge is -2.12. The fraction of sp³-hybridized carbons (Fsp3) is 0.407. The Hall–Kier alpha value is -2.39. The van der Waals surface area contributed by atoms with Crippen molar-refractivity contribution in [1.29, 1.82) is 0 Å². The monoisotopic (exact) mass is 436 g/mol. The van der Waals surface area contributed by atoms with Crippen LogP contribution in [0.1, 0.15) is 69.1 Å². The van der Waals surface area contributed by atoms with Crippen molar-refractivity contribution in [2.45, 2.75) is 71.3 Å². The van der Waals surface area contributed by atoms with E-state index in [2.05, 4.69) is 42.3 Å². The number of halogens is 1. The zero-order chi connectivity index (χ0) is 22.1. The van der Waals surface area contributed by atoms with Crippen LogP contribution in [0.4, 0.5) is 0 Å². The molecule has 3 nitrogen and oxygen atoms in total. The Morgan fingerprint density at radius 2 is 2.10 bits per heavy atom. The number of benzene rings is 1. The standard InChI is InChI=1S/C27H33ClN2O/c1-3-4-5-11-25-22(17-23-18-24(28)13-14-26(23)25)12-15-27(31)30-20(2)8-6-9-21-10-7-16-29-19-21/h7,10,12-16,18-20H,3-6,8-9,11,17H2,1-2H3,(H,30,31)/t20-/m1/s1. The number of aromatic nitrogens is 1. The van der Waals surface area contributed by atoms with Crippen LogP contribution in [0, 0.1) is 0 Å². The predicted octanol–water partition coefficient (Wildman–Crippen LogP) is 6.71. The highest BCUT2D eigenvalue weighted by Crippen LogP contribution is 2.38. The van der Waals surface area contributed by atoms with Gasteiger partial charge in [0.05, 0.1) is 0 Å². The number of amides is 1. The molecule has 0 spiro atoms. The molecule has 4 heteroatoms. The second-order valence-electron chi connectivity index (χ2n) is 8.44. The Morgan fingerprint density at radius 1 is 1.23 bits per heavy atom. The summed E-state index contributed by atoms with van der Waals surface area (Å²) in [6.45, 7) is 4.29. The van der Waals surface area contributed by atoms with Crippen molar-refractivity contribution in [2.75, 3.05) is 0 Å². The summed E-state index contributed by atoms with van der Waals surface area (Å²) in [6.07, 6.45) is 15.9. The Morgan fingerprint density at radius 3 is 2.87 bits per heavy atom. The van der Waals surface area contributed by atoms with Gasteiger partial charge in [0, 0.05) is 29.5 Å². The molecule has 1 N–H and O–H groups in total. The molecule has 3 rings (SSSR count). The molecule has 0 unspecified atom stereocenters. The van der Waals surface area contributed by atoms with Crippen molar-refractivity contribution in [3.63, 3.8) is 0 Å². The van der Waals surface area contributed by atoms with Crippen molar-refractivity contribution in [3.8, 4) is 0 Å². The Kier molecular flexibility index (Phi) is 8.90. The van der Waals surface area contributed by atoms with Crippen LogP contribution in [-0.2, 0) is 17.6 Å². The number of fused-ring (bicyclic) bond motifs is 1. The normalized spacial score (nSPS) is 14.2. The summed E-state index contributed by atoms with van der Waals surface area (Å²) < 4.78 is 0. The smallest absolute Gasteiger partial charge is 0.244 e. The maximum Gasteiger partial charge on any atom is 0.244 e. The third kappa shape index (κ3) is 7.07. The van der Waals surface area contributed by atoms with E-state index in [9.17, 15) is 4.79 Å². The van der Waals surface area contributed by atoms with E-state index >= 15 is 0 Å². The van der Waals surface area contributed by atoms with Crippen molar-refractivity contribution in [2.24, 2.45) is 0 Å². The summed E-state index contributed by atoms with van der Waals surface area (Å²) in [4.78, 5) is 16.6. The number of nitrogens with one attached hydrogen (secondary N) is 1. The second kappa shape index (κ2) is 11.9. The van der Waals surface area contributed by atoms with Gasteiger partial charge in [-0.05, 0) is 91.5 Å². The Balaban J connectivity index is 1.55. The van der Waals surface area contributed by atoms with Gasteiger partial charge < -0.3 is 5.32 Å². The van der Waals surface area contributed by atoms with Crippen LogP contribution in [0.15, 0.2) is 60.5 Å². The van der Waals surface area contributed by atoms with Gasteiger partial charge >= 0.3 is 0 Å². The van der Waals surface area contributed by atoms with Gasteiger partial charge in [-0.15, -0.1) is 0 Å². The molecule has 31 heavy (non-hydrogen) atoms. The molecule has 0 saturated carbocycles. The van der Waals surface area contributed by atoms with Gasteiger partial charge in [0.15, 0.2) is 0 Å². The fourth-order valence-corrected chi connectivity index (χ4v) is 4.39. The molecule has 1 aliphatic rings. The number of hydrogen-bond acceptors (Lipinski definition) is 2. The minimum Gasteiger partial charge on any atom is -0.350 e. The van der Waals surface area contributed by atoms with Gasteiger partial charge in [0.2, 0.25) is 5.91 Å². The van der Waals surface area contributed by atoms with E-state index in [1.165, 1.54) is 47.1 Å². The molecule has 164 valence electrons. The van der Waals surface area contributed by atoms with Gasteiger partial charge in [0.1, 0.15) is 0 Å². The number of nitrogens with zero attached hydrogens (tertiary/aromatic N) is 1. The van der Waals surface area contributed by atoms with Crippen LogP contribution in [-0.4, -0.2) is 16.9 Å². The number of hydrogen-bond donors (Lipinski definition) is 1. The molecule has 2 aromatic rings. The number of unbranched alkanes of at least 4 members (excludes halogenated alkanes) is 2. The largest absolute Gasteiger partial charge is 0.350 e. The fourth-order valence-electron chi connectivity index (χ4n) is 4.19. The van der Waals surface area contributed by atoms with Crippen molar-refractivity contribution in [1.82, 2.24) is 10.3 Å². The third-order valence-corrected chi connectivity index (χ3v) is 6.08. The number of aryl methyl sites for hydroxylation is 1. The van der Waals surface area contributed by atoms with Gasteiger partial charge in [-0.3, -0.25) is 9.78 Å². The summed E-state index contributed by atoms with van der Waals surface area (Å²) in [5, 5.41) is 3.88. The molecular formula is C27H33ClN2O. The van der Waals surface area contributed by atoms with Crippen LogP contribution in [0.5, 0.6) is 0 Å². The topological polar surface area (TPSA) is 42.0 Å². The van der Waals surface area contributed by atoms with Crippen molar-refractivity contribution in [3.05, 3.63) is 82.2 Å². The molecule has 1 atom stereocenters. The molecule has 1 aliphatic carbocycles. The van der Waals surface area contributed by atoms with E-state index in [1.54, 1.807) is 12.3 Å². The van der Waals surface area contributed by atoms with E-state index in [0.717, 1.165) is 37.1 Å². The van der Waals surface area contributed by atoms with Crippen molar-refractivity contribution >= 4 is 23.1 Å². The van der Waals surface area contributed by atoms with Crippen molar-refractivity contribution < 1.29 is 4.79 Å². The average molecular weight is 437 g/mol. The maximum atomic E-state index is 12.5. The SMILES string of the molecule is CCCCCC1=C(C=CC(=O)N[C@H](C)CCCc2cccnc2)Cc2cc(Cl)ccc21. The quantitative estimate of drug-likeness (QED) is 0.314. The number of pyridine rings is 1. The number of rotatable bonds is 11. The first kappa shape index (κ1) is 23.3. The molecule has 0 saturated heterocycles. The van der Waals surface area contributed by atoms with E-state index in [-0.39, 0.29) is 11.9 Å². The molecule has 1 aromatic heterocycles. The first-order chi connectivity index (χ1) is 15.1. The molecular weight excluding hydrogens is 404 g/mol. The minimum absolute atomic E-state index is 0.0247. The van der Waals surface area contributed by atoms with Crippen LogP contribution < -0.4 is 5.32 Å². The molecule has 0 fully saturated rings. The van der Waals surface area contributed by atoms with Crippen LogP contribution in [0.3, 0.4) is 0 Å². The number of carbonyl (C=O) groups excluding carboxylic acids is 1. The minimum atomic E-state index is -0.0247. The second-order valence-corrected chi connectivity index (χ2v) is 8.87. The van der Waals surface area contributed by atoms with Gasteiger partial charge in [0.25, 0.3) is 0 Å². The highest BCUT2D eigenvalue weighted by atomic mass is 35.5. The molecule has 1 heterocycles. The summed E-state index contributed by atoms with van der Waals surface area (Å²) in [7, 11) is 0. The first-order valence-corrected chi connectivity index (χ1v) is 11.8. The summed E-state index contributed by atoms with van der Waals surface area (Å²) in [5.41, 5.74) is 6.41. The molecule has 0 radical (unpaired) electrons. The number of carbonyl (C=O) groups is 1. The zero-order valence-corrected chi connectivity index (χ0v) is 19.4. The van der Waals surface area contributed by atoms with E-state index in [0.29, 0.717) is 0 Å². The van der Waals surface area contributed by atoms with Gasteiger partial charge in [-0.1, -0.05) is 49.6 Å². The molecule has 1 aromatic carbocycles. The molecule has 0 bridgehead atoms. The molecule has 1 amide bonds. The summed E-state index contributed by atoms with van der Waals surface area (Å²) in [5.74, 6) is -0.0247. The Bertz CT molecular complexity index is 934. The first-order valence-electron chi connectivity index (χ1n) is 11.4. The number of allylic oxidation sites excluding steroid dienone is 3. The van der Waals surface area contributed by atoms with Crippen LogP contribution >= 0.6 is 11.6 Å². The van der Waals surface area contributed by atoms with Gasteiger partial charge in [-0.25, -0.2) is 0 Å². The zero-order valence-electron chi connectivity index (χ0n) is 18.7. The summed E-state index contributed by atoms with van der Waals surface area (Å²) >= 11 is 6.21. The van der Waals surface area contributed by atoms with Gasteiger partial charge in [-0.2, -0.15) is 0 Å². The highest BCUT2D eigenvalue weighted by molar-refractivity contribution is 6.30. The third-order valence-electron chi connectivity index (χ3n) is 5.84. The average Bonchev–Trinajstić information content (AvgIpc) is 3.09. The maximum absolute atomic E-state index is 12.5. The summed E-state index contributed by atoms with van der Waals surface area (Å²) in [6, 6.07) is 10.4. The highest BCUT2D eigenvalue weighted by Gasteiger charge is 2.20. The van der Waals surface area contributed by atoms with E-state index in [4.69, 9.17) is 11.6 Å². The lowest BCUT2D eigenvalue weighted by molar-refractivity contribution is -0.117. The lowest BCUT2D eigenvalue weighted by Crippen LogP contribution is -2.31. The van der Waals surface area contributed by atoms with Crippen LogP contribution in [0.25, 0.3) is 5.57 Å². The molecule has 0 aliphatic heterocycles. The van der Waals surface area contributed by atoms with E-state index in [1.807, 2.05) is 24.4 Å². The van der Waals surface area contributed by atoms with E-state index < -0.39 is 0 Å². The Labute approximate surface area is 191 Å². The van der Waals surface area contributed by atoms with Crippen LogP contribution in [0.2, 0.25) is 5.02 Å². The predicted molar refractivity (Wildman–Crippen MR) is 130 cm³/mol.